The molecule has 5 nitrogen and oxygen atoms in total. The van der Waals surface area contributed by atoms with Crippen molar-refractivity contribution in [1.29, 1.82) is 0 Å². The van der Waals surface area contributed by atoms with Crippen LogP contribution < -0.4 is 5.32 Å². The van der Waals surface area contributed by atoms with Crippen molar-refractivity contribution >= 4 is 22.4 Å². The average molecular weight is 280 g/mol. The van der Waals surface area contributed by atoms with Crippen molar-refractivity contribution in [3.63, 3.8) is 0 Å². The third-order valence-corrected chi connectivity index (χ3v) is 3.84. The van der Waals surface area contributed by atoms with Crippen LogP contribution in [0.15, 0.2) is 22.8 Å². The topological polar surface area (TPSA) is 75.4 Å². The first-order valence-electron chi connectivity index (χ1n) is 6.06. The molecule has 2 aromatic rings. The van der Waals surface area contributed by atoms with Gasteiger partial charge in [-0.3, -0.25) is 0 Å². The van der Waals surface area contributed by atoms with E-state index in [4.69, 9.17) is 9.52 Å². The van der Waals surface area contributed by atoms with Crippen LogP contribution in [0.2, 0.25) is 0 Å². The number of nitrogens with one attached hydrogen (secondary N) is 1. The molecule has 0 saturated carbocycles. The van der Waals surface area contributed by atoms with E-state index in [0.717, 1.165) is 18.6 Å². The summed E-state index contributed by atoms with van der Waals surface area (Å²) in [5, 5.41) is 12.8. The zero-order chi connectivity index (χ0) is 13.8. The Morgan fingerprint density at radius 3 is 3.00 bits per heavy atom. The van der Waals surface area contributed by atoms with Gasteiger partial charge in [0.25, 0.3) is 0 Å². The summed E-state index contributed by atoms with van der Waals surface area (Å²) in [5.74, 6) is 0.0292. The number of hydrogen-bond acceptors (Lipinski definition) is 5. The van der Waals surface area contributed by atoms with Crippen LogP contribution in [0, 0.1) is 6.92 Å². The highest BCUT2D eigenvalue weighted by Crippen LogP contribution is 2.23. The number of aryl methyl sites for hydroxylation is 2. The minimum absolute atomic E-state index is 0.206. The van der Waals surface area contributed by atoms with E-state index in [1.54, 1.807) is 13.2 Å². The Kier molecular flexibility index (Phi) is 4.21. The van der Waals surface area contributed by atoms with Crippen LogP contribution in [0.1, 0.15) is 34.5 Å². The smallest absolute Gasteiger partial charge is 0.347 e. The first kappa shape index (κ1) is 13.6. The zero-order valence-corrected chi connectivity index (χ0v) is 11.7. The molecule has 0 bridgehead atoms. The lowest BCUT2D eigenvalue weighted by atomic mass is 10.1. The number of rotatable bonds is 6. The van der Waals surface area contributed by atoms with Crippen LogP contribution in [0.25, 0.3) is 0 Å². The van der Waals surface area contributed by atoms with Gasteiger partial charge in [-0.2, -0.15) is 0 Å². The number of thiazole rings is 1. The van der Waals surface area contributed by atoms with Crippen molar-refractivity contribution in [1.82, 2.24) is 4.98 Å². The summed E-state index contributed by atoms with van der Waals surface area (Å²) in [6, 6.07) is 4.02. The summed E-state index contributed by atoms with van der Waals surface area (Å²) in [7, 11) is 0. The predicted octanol–water partition coefficient (Wildman–Crippen LogP) is 3.18. The Morgan fingerprint density at radius 2 is 2.42 bits per heavy atom. The predicted molar refractivity (Wildman–Crippen MR) is 73.9 cm³/mol. The lowest BCUT2D eigenvalue weighted by molar-refractivity contribution is 0.0701. The summed E-state index contributed by atoms with van der Waals surface area (Å²) in [4.78, 5) is 15.4. The van der Waals surface area contributed by atoms with Gasteiger partial charge in [0.15, 0.2) is 5.13 Å². The number of anilines is 1. The van der Waals surface area contributed by atoms with Crippen molar-refractivity contribution < 1.29 is 14.3 Å². The van der Waals surface area contributed by atoms with E-state index < -0.39 is 5.97 Å². The van der Waals surface area contributed by atoms with Gasteiger partial charge < -0.3 is 14.8 Å². The molecule has 102 valence electrons. The Bertz CT molecular complexity index is 548. The number of hydrogen-bond donors (Lipinski definition) is 2. The monoisotopic (exact) mass is 280 g/mol. The maximum atomic E-state index is 10.9. The molecule has 19 heavy (non-hydrogen) atoms. The molecule has 0 aliphatic heterocycles. The van der Waals surface area contributed by atoms with E-state index in [1.165, 1.54) is 11.3 Å². The standard InChI is InChI=1S/C13H16N2O3S/c1-8(5-6-10-4-3-7-18-10)14-13-15-9(2)11(19-13)12(16)17/h3-4,7-8H,5-6H2,1-2H3,(H,14,15)(H,16,17). The van der Waals surface area contributed by atoms with Crippen LogP contribution in [-0.2, 0) is 6.42 Å². The molecule has 1 unspecified atom stereocenters. The molecule has 0 spiro atoms. The molecule has 0 aliphatic carbocycles. The molecule has 2 aromatic heterocycles. The maximum Gasteiger partial charge on any atom is 0.347 e. The van der Waals surface area contributed by atoms with Gasteiger partial charge in [-0.15, -0.1) is 0 Å². The van der Waals surface area contributed by atoms with E-state index >= 15 is 0 Å². The second-order valence-corrected chi connectivity index (χ2v) is 5.40. The fraction of sp³-hybridized carbons (Fsp3) is 0.385. The Hall–Kier alpha value is -1.82. The summed E-state index contributed by atoms with van der Waals surface area (Å²) >= 11 is 1.17. The molecule has 2 N–H and O–H groups in total. The molecule has 0 aliphatic rings. The van der Waals surface area contributed by atoms with Crippen LogP contribution >= 0.6 is 11.3 Å². The number of carbonyl (C=O) groups is 1. The largest absolute Gasteiger partial charge is 0.477 e. The molecule has 0 aromatic carbocycles. The fourth-order valence-corrected chi connectivity index (χ4v) is 2.67. The Morgan fingerprint density at radius 1 is 1.63 bits per heavy atom. The summed E-state index contributed by atoms with van der Waals surface area (Å²) in [5.41, 5.74) is 0.554. The number of aromatic nitrogens is 1. The third kappa shape index (κ3) is 3.57. The number of nitrogens with zero attached hydrogens (tertiary/aromatic N) is 1. The third-order valence-electron chi connectivity index (χ3n) is 2.76. The van der Waals surface area contributed by atoms with Crippen LogP contribution in [-0.4, -0.2) is 22.1 Å². The molecule has 0 radical (unpaired) electrons. The van der Waals surface area contributed by atoms with Crippen molar-refractivity contribution in [2.75, 3.05) is 5.32 Å². The van der Waals surface area contributed by atoms with Gasteiger partial charge in [0.1, 0.15) is 10.6 Å². The summed E-state index contributed by atoms with van der Waals surface area (Å²) in [6.07, 6.45) is 3.41. The molecule has 1 atom stereocenters. The Balaban J connectivity index is 1.89. The van der Waals surface area contributed by atoms with Crippen molar-refractivity contribution in [3.05, 3.63) is 34.7 Å². The number of carboxylic acid groups (broad SMARTS) is 1. The molecule has 2 rings (SSSR count). The normalized spacial score (nSPS) is 12.3. The minimum atomic E-state index is -0.925. The summed E-state index contributed by atoms with van der Waals surface area (Å²) < 4.78 is 5.27. The van der Waals surface area contributed by atoms with E-state index in [2.05, 4.69) is 10.3 Å². The van der Waals surface area contributed by atoms with Crippen LogP contribution in [0.4, 0.5) is 5.13 Å². The second kappa shape index (κ2) is 5.88. The van der Waals surface area contributed by atoms with Crippen LogP contribution in [0.3, 0.4) is 0 Å². The van der Waals surface area contributed by atoms with Crippen molar-refractivity contribution in [2.45, 2.75) is 32.7 Å². The molecule has 0 fully saturated rings. The zero-order valence-electron chi connectivity index (χ0n) is 10.8. The number of carboxylic acids is 1. The van der Waals surface area contributed by atoms with Gasteiger partial charge in [0.2, 0.25) is 0 Å². The van der Waals surface area contributed by atoms with E-state index in [-0.39, 0.29) is 6.04 Å². The highest BCUT2D eigenvalue weighted by atomic mass is 32.1. The first-order chi connectivity index (χ1) is 9.06. The number of furan rings is 1. The first-order valence-corrected chi connectivity index (χ1v) is 6.87. The summed E-state index contributed by atoms with van der Waals surface area (Å²) in [6.45, 7) is 3.75. The lowest BCUT2D eigenvalue weighted by Crippen LogP contribution is -2.15. The second-order valence-electron chi connectivity index (χ2n) is 4.40. The van der Waals surface area contributed by atoms with Gasteiger partial charge in [0.05, 0.1) is 12.0 Å². The Labute approximate surface area is 115 Å². The average Bonchev–Trinajstić information content (AvgIpc) is 2.96. The van der Waals surface area contributed by atoms with Gasteiger partial charge in [-0.25, -0.2) is 9.78 Å². The molecular weight excluding hydrogens is 264 g/mol. The quantitative estimate of drug-likeness (QED) is 0.850. The highest BCUT2D eigenvalue weighted by molar-refractivity contribution is 7.17. The molecule has 0 amide bonds. The fourth-order valence-electron chi connectivity index (χ4n) is 1.75. The van der Waals surface area contributed by atoms with Crippen molar-refractivity contribution in [3.8, 4) is 0 Å². The maximum absolute atomic E-state index is 10.9. The van der Waals surface area contributed by atoms with E-state index in [1.807, 2.05) is 19.1 Å². The highest BCUT2D eigenvalue weighted by Gasteiger charge is 2.15. The molecule has 2 heterocycles. The van der Waals surface area contributed by atoms with E-state index in [9.17, 15) is 4.79 Å². The van der Waals surface area contributed by atoms with Gasteiger partial charge in [-0.05, 0) is 32.4 Å². The molecule has 0 saturated heterocycles. The van der Waals surface area contributed by atoms with Crippen molar-refractivity contribution in [2.24, 2.45) is 0 Å². The number of aromatic carboxylic acids is 1. The minimum Gasteiger partial charge on any atom is -0.477 e. The van der Waals surface area contributed by atoms with Crippen LogP contribution in [0.5, 0.6) is 0 Å². The molecule has 6 heteroatoms. The van der Waals surface area contributed by atoms with E-state index in [0.29, 0.717) is 15.7 Å². The SMILES string of the molecule is Cc1nc(NC(C)CCc2ccco2)sc1C(=O)O. The molecular formula is C13H16N2O3S. The van der Waals surface area contributed by atoms with Gasteiger partial charge in [0, 0.05) is 12.5 Å². The van der Waals surface area contributed by atoms with Gasteiger partial charge in [-0.1, -0.05) is 11.3 Å². The van der Waals surface area contributed by atoms with Gasteiger partial charge >= 0.3 is 5.97 Å². The lowest BCUT2D eigenvalue weighted by Gasteiger charge is -2.11.